The first-order chi connectivity index (χ1) is 9.77. The zero-order valence-electron chi connectivity index (χ0n) is 13.5. The highest BCUT2D eigenvalue weighted by Gasteiger charge is 2.31. The minimum absolute atomic E-state index is 0.0201. The van der Waals surface area contributed by atoms with Gasteiger partial charge < -0.3 is 15.1 Å². The molecule has 4 heteroatoms. The fourth-order valence-electron chi connectivity index (χ4n) is 2.39. The number of hydrogen-bond acceptors (Lipinski definition) is 3. The van der Waals surface area contributed by atoms with E-state index in [9.17, 15) is 15.0 Å². The highest BCUT2D eigenvalue weighted by Crippen LogP contribution is 2.22. The summed E-state index contributed by atoms with van der Waals surface area (Å²) in [4.78, 5) is 13.9. The van der Waals surface area contributed by atoms with Crippen molar-refractivity contribution in [1.82, 2.24) is 4.90 Å². The van der Waals surface area contributed by atoms with Crippen LogP contribution in [0.5, 0.6) is 0 Å². The van der Waals surface area contributed by atoms with Gasteiger partial charge in [0.25, 0.3) is 0 Å². The van der Waals surface area contributed by atoms with Crippen molar-refractivity contribution in [3.63, 3.8) is 0 Å². The molecule has 21 heavy (non-hydrogen) atoms. The van der Waals surface area contributed by atoms with E-state index in [1.54, 1.807) is 14.0 Å². The molecule has 2 N–H and O–H groups in total. The van der Waals surface area contributed by atoms with Gasteiger partial charge in [0, 0.05) is 7.05 Å². The van der Waals surface area contributed by atoms with Crippen LogP contribution in [-0.4, -0.2) is 40.2 Å². The molecule has 0 aliphatic carbocycles. The molecule has 0 saturated carbocycles. The number of aliphatic hydroxyl groups excluding tert-OH is 2. The van der Waals surface area contributed by atoms with Gasteiger partial charge in [0.2, 0.25) is 5.91 Å². The molecule has 1 aromatic carbocycles. The molecule has 0 aliphatic heterocycles. The molecule has 0 bridgehead atoms. The number of aliphatic hydroxyl groups is 2. The molecule has 0 heterocycles. The Bertz CT molecular complexity index is 447. The Morgan fingerprint density at radius 2 is 1.57 bits per heavy atom. The summed E-state index contributed by atoms with van der Waals surface area (Å²) in [7, 11) is 1.67. The molecule has 1 rings (SSSR count). The van der Waals surface area contributed by atoms with Gasteiger partial charge in [-0.05, 0) is 18.4 Å². The maximum absolute atomic E-state index is 12.4. The standard InChI is InChI=1S/C17H27NO3/c1-11(2)15(19)12(3)17(21)18(5)13(4)16(20)14-9-7-6-8-10-14/h6-13,15-16,19-20H,1-5H3/t12-,13+,15+,16-/m1/s1. The van der Waals surface area contributed by atoms with E-state index in [1.807, 2.05) is 51.1 Å². The van der Waals surface area contributed by atoms with Gasteiger partial charge >= 0.3 is 0 Å². The average molecular weight is 293 g/mol. The lowest BCUT2D eigenvalue weighted by atomic mass is 9.93. The largest absolute Gasteiger partial charge is 0.392 e. The zero-order valence-corrected chi connectivity index (χ0v) is 13.5. The van der Waals surface area contributed by atoms with Gasteiger partial charge in [0.1, 0.15) is 0 Å². The second-order valence-electron chi connectivity index (χ2n) is 6.07. The lowest BCUT2D eigenvalue weighted by molar-refractivity contribution is -0.142. The Morgan fingerprint density at radius 1 is 1.05 bits per heavy atom. The van der Waals surface area contributed by atoms with Crippen molar-refractivity contribution in [3.8, 4) is 0 Å². The van der Waals surface area contributed by atoms with Gasteiger partial charge in [-0.3, -0.25) is 4.79 Å². The predicted octanol–water partition coefficient (Wildman–Crippen LogP) is 2.22. The van der Waals surface area contributed by atoms with E-state index < -0.39 is 18.1 Å². The number of benzene rings is 1. The number of amides is 1. The third-order valence-corrected chi connectivity index (χ3v) is 4.14. The number of rotatable bonds is 6. The quantitative estimate of drug-likeness (QED) is 0.845. The molecule has 0 fully saturated rings. The van der Waals surface area contributed by atoms with Crippen LogP contribution in [-0.2, 0) is 4.79 Å². The van der Waals surface area contributed by atoms with Crippen molar-refractivity contribution in [2.75, 3.05) is 7.05 Å². The Kier molecular flexibility index (Phi) is 6.37. The van der Waals surface area contributed by atoms with Crippen molar-refractivity contribution in [2.45, 2.75) is 45.9 Å². The van der Waals surface area contributed by atoms with Crippen molar-refractivity contribution in [2.24, 2.45) is 11.8 Å². The van der Waals surface area contributed by atoms with Crippen molar-refractivity contribution in [1.29, 1.82) is 0 Å². The number of carbonyl (C=O) groups is 1. The highest BCUT2D eigenvalue weighted by molar-refractivity contribution is 5.79. The van der Waals surface area contributed by atoms with E-state index in [4.69, 9.17) is 0 Å². The minimum atomic E-state index is -0.747. The molecule has 1 amide bonds. The molecule has 118 valence electrons. The van der Waals surface area contributed by atoms with Crippen LogP contribution in [0.1, 0.15) is 39.4 Å². The van der Waals surface area contributed by atoms with E-state index >= 15 is 0 Å². The fourth-order valence-corrected chi connectivity index (χ4v) is 2.39. The van der Waals surface area contributed by atoms with Crippen LogP contribution in [0.4, 0.5) is 0 Å². The molecule has 0 radical (unpaired) electrons. The van der Waals surface area contributed by atoms with Crippen LogP contribution in [0.2, 0.25) is 0 Å². The normalized spacial score (nSPS) is 17.1. The van der Waals surface area contributed by atoms with Crippen LogP contribution in [0.15, 0.2) is 30.3 Å². The summed E-state index contributed by atoms with van der Waals surface area (Å²) in [6, 6.07) is 8.92. The second kappa shape index (κ2) is 7.57. The molecule has 0 aromatic heterocycles. The summed E-state index contributed by atoms with van der Waals surface area (Å²) < 4.78 is 0. The minimum Gasteiger partial charge on any atom is -0.392 e. The monoisotopic (exact) mass is 293 g/mol. The number of hydrogen-bond donors (Lipinski definition) is 2. The smallest absolute Gasteiger partial charge is 0.228 e. The molecule has 4 nitrogen and oxygen atoms in total. The topological polar surface area (TPSA) is 60.8 Å². The first-order valence-electron chi connectivity index (χ1n) is 7.45. The lowest BCUT2D eigenvalue weighted by Gasteiger charge is -2.33. The third kappa shape index (κ3) is 4.29. The summed E-state index contributed by atoms with van der Waals surface area (Å²) in [6.45, 7) is 7.31. The van der Waals surface area contributed by atoms with Crippen LogP contribution in [0.25, 0.3) is 0 Å². The molecule has 1 aromatic rings. The van der Waals surface area contributed by atoms with Crippen LogP contribution in [0, 0.1) is 11.8 Å². The Labute approximate surface area is 127 Å². The lowest BCUT2D eigenvalue weighted by Crippen LogP contribution is -2.45. The SMILES string of the molecule is CC(C)[C@H](O)[C@@H](C)C(=O)N(C)[C@@H](C)[C@@H](O)c1ccccc1. The number of likely N-dealkylation sites (N-methyl/N-ethyl adjacent to an activating group) is 1. The number of carbonyl (C=O) groups excluding carboxylic acids is 1. The highest BCUT2D eigenvalue weighted by atomic mass is 16.3. The van der Waals surface area contributed by atoms with Gasteiger partial charge in [-0.2, -0.15) is 0 Å². The predicted molar refractivity (Wildman–Crippen MR) is 83.6 cm³/mol. The third-order valence-electron chi connectivity index (χ3n) is 4.14. The van der Waals surface area contributed by atoms with Crippen LogP contribution < -0.4 is 0 Å². The summed E-state index contributed by atoms with van der Waals surface area (Å²) in [5.41, 5.74) is 0.779. The van der Waals surface area contributed by atoms with E-state index in [1.165, 1.54) is 4.90 Å². The Balaban J connectivity index is 2.78. The summed E-state index contributed by atoms with van der Waals surface area (Å²) >= 11 is 0. The molecule has 0 saturated heterocycles. The Morgan fingerprint density at radius 3 is 2.05 bits per heavy atom. The average Bonchev–Trinajstić information content (AvgIpc) is 2.51. The summed E-state index contributed by atoms with van der Waals surface area (Å²) in [5.74, 6) is -0.620. The molecule has 0 spiro atoms. The van der Waals surface area contributed by atoms with E-state index in [0.29, 0.717) is 0 Å². The van der Waals surface area contributed by atoms with Crippen molar-refractivity contribution >= 4 is 5.91 Å². The zero-order chi connectivity index (χ0) is 16.2. The van der Waals surface area contributed by atoms with Gasteiger partial charge in [-0.25, -0.2) is 0 Å². The molecule has 0 unspecified atom stereocenters. The molecule has 4 atom stereocenters. The maximum Gasteiger partial charge on any atom is 0.228 e. The summed E-state index contributed by atoms with van der Waals surface area (Å²) in [6.07, 6.45) is -1.43. The Hall–Kier alpha value is -1.39. The molecular formula is C17H27NO3. The summed E-state index contributed by atoms with van der Waals surface area (Å²) in [5, 5.41) is 20.4. The van der Waals surface area contributed by atoms with Gasteiger partial charge in [-0.15, -0.1) is 0 Å². The van der Waals surface area contributed by atoms with Crippen LogP contribution in [0.3, 0.4) is 0 Å². The van der Waals surface area contributed by atoms with E-state index in [-0.39, 0.29) is 17.9 Å². The van der Waals surface area contributed by atoms with E-state index in [0.717, 1.165) is 5.56 Å². The molecule has 0 aliphatic rings. The van der Waals surface area contributed by atoms with Crippen molar-refractivity contribution < 1.29 is 15.0 Å². The second-order valence-corrected chi connectivity index (χ2v) is 6.07. The molecular weight excluding hydrogens is 266 g/mol. The number of nitrogens with zero attached hydrogens (tertiary/aromatic N) is 1. The van der Waals surface area contributed by atoms with Gasteiger partial charge in [0.15, 0.2) is 0 Å². The van der Waals surface area contributed by atoms with Crippen molar-refractivity contribution in [3.05, 3.63) is 35.9 Å². The fraction of sp³-hybridized carbons (Fsp3) is 0.588. The maximum atomic E-state index is 12.4. The first-order valence-corrected chi connectivity index (χ1v) is 7.45. The van der Waals surface area contributed by atoms with E-state index in [2.05, 4.69) is 0 Å². The van der Waals surface area contributed by atoms with Crippen LogP contribution >= 0.6 is 0 Å². The van der Waals surface area contributed by atoms with Gasteiger partial charge in [0.05, 0.1) is 24.2 Å². The van der Waals surface area contributed by atoms with Gasteiger partial charge in [-0.1, -0.05) is 51.1 Å². The first kappa shape index (κ1) is 17.7.